The van der Waals surface area contributed by atoms with Crippen molar-refractivity contribution in [1.29, 1.82) is 0 Å². The second-order valence-corrected chi connectivity index (χ2v) is 3.62. The van der Waals surface area contributed by atoms with Crippen molar-refractivity contribution in [2.45, 2.75) is 20.3 Å². The predicted octanol–water partition coefficient (Wildman–Crippen LogP) is 2.19. The molecular weight excluding hydrogens is 218 g/mol. The van der Waals surface area contributed by atoms with Gasteiger partial charge in [0.2, 0.25) is 0 Å². The van der Waals surface area contributed by atoms with Crippen molar-refractivity contribution in [2.75, 3.05) is 5.32 Å². The average Bonchev–Trinajstić information content (AvgIpc) is 2.72. The van der Waals surface area contributed by atoms with Crippen molar-refractivity contribution in [3.8, 4) is 0 Å². The van der Waals surface area contributed by atoms with Gasteiger partial charge in [-0.3, -0.25) is 9.78 Å². The Morgan fingerprint density at radius 3 is 2.88 bits per heavy atom. The maximum atomic E-state index is 11.8. The van der Waals surface area contributed by atoms with E-state index in [2.05, 4.69) is 15.3 Å². The van der Waals surface area contributed by atoms with Gasteiger partial charge in [0.15, 0.2) is 11.6 Å². The van der Waals surface area contributed by atoms with E-state index in [0.29, 0.717) is 11.6 Å². The monoisotopic (exact) mass is 231 g/mol. The first kappa shape index (κ1) is 11.3. The summed E-state index contributed by atoms with van der Waals surface area (Å²) >= 11 is 0. The third kappa shape index (κ3) is 2.50. The van der Waals surface area contributed by atoms with Gasteiger partial charge in [0.1, 0.15) is 5.76 Å². The number of hydrogen-bond donors (Lipinski definition) is 1. The molecule has 17 heavy (non-hydrogen) atoms. The lowest BCUT2D eigenvalue weighted by Crippen LogP contribution is -2.12. The second kappa shape index (κ2) is 4.78. The van der Waals surface area contributed by atoms with Crippen LogP contribution >= 0.6 is 0 Å². The molecule has 0 aromatic carbocycles. The molecule has 0 aliphatic carbocycles. The maximum Gasteiger partial charge on any atom is 0.292 e. The Morgan fingerprint density at radius 1 is 1.47 bits per heavy atom. The Bertz CT molecular complexity index is 520. The van der Waals surface area contributed by atoms with Gasteiger partial charge >= 0.3 is 0 Å². The summed E-state index contributed by atoms with van der Waals surface area (Å²) in [5, 5.41) is 2.62. The van der Waals surface area contributed by atoms with E-state index in [9.17, 15) is 4.79 Å². The van der Waals surface area contributed by atoms with Crippen LogP contribution in [0.25, 0.3) is 0 Å². The maximum absolute atomic E-state index is 11.8. The molecular formula is C12H13N3O2. The standard InChI is InChI=1S/C12H13N3O2/c1-3-9-8(2)6-10(17-9)12(16)15-11-7-13-4-5-14-11/h4-7H,3H2,1-2H3,(H,14,15,16). The van der Waals surface area contributed by atoms with E-state index in [4.69, 9.17) is 4.42 Å². The largest absolute Gasteiger partial charge is 0.456 e. The summed E-state index contributed by atoms with van der Waals surface area (Å²) in [7, 11) is 0. The minimum Gasteiger partial charge on any atom is -0.456 e. The molecule has 5 nitrogen and oxygen atoms in total. The van der Waals surface area contributed by atoms with Crippen LogP contribution in [0.2, 0.25) is 0 Å². The Labute approximate surface area is 98.9 Å². The van der Waals surface area contributed by atoms with E-state index in [1.165, 1.54) is 12.4 Å². The normalized spacial score (nSPS) is 10.2. The average molecular weight is 231 g/mol. The molecule has 0 saturated heterocycles. The van der Waals surface area contributed by atoms with Crippen molar-refractivity contribution in [1.82, 2.24) is 9.97 Å². The minimum absolute atomic E-state index is 0.296. The van der Waals surface area contributed by atoms with Crippen LogP contribution in [0.4, 0.5) is 5.82 Å². The van der Waals surface area contributed by atoms with Crippen molar-refractivity contribution < 1.29 is 9.21 Å². The molecule has 2 heterocycles. The fourth-order valence-corrected chi connectivity index (χ4v) is 1.52. The molecule has 0 radical (unpaired) electrons. The number of hydrogen-bond acceptors (Lipinski definition) is 4. The number of aromatic nitrogens is 2. The zero-order chi connectivity index (χ0) is 12.3. The summed E-state index contributed by atoms with van der Waals surface area (Å²) in [6, 6.07) is 1.73. The molecule has 2 aromatic heterocycles. The first-order valence-corrected chi connectivity index (χ1v) is 5.37. The summed E-state index contributed by atoms with van der Waals surface area (Å²) < 4.78 is 5.44. The number of carbonyl (C=O) groups excluding carboxylic acids is 1. The van der Waals surface area contributed by atoms with Gasteiger partial charge in [-0.25, -0.2) is 4.98 Å². The molecule has 0 aliphatic heterocycles. The fraction of sp³-hybridized carbons (Fsp3) is 0.250. The summed E-state index contributed by atoms with van der Waals surface area (Å²) in [5.74, 6) is 1.22. The first-order valence-electron chi connectivity index (χ1n) is 5.37. The van der Waals surface area contributed by atoms with Gasteiger partial charge in [-0.2, -0.15) is 0 Å². The van der Waals surface area contributed by atoms with E-state index < -0.39 is 0 Å². The van der Waals surface area contributed by atoms with Gasteiger partial charge in [0.05, 0.1) is 6.20 Å². The number of nitrogens with one attached hydrogen (secondary N) is 1. The minimum atomic E-state index is -0.312. The second-order valence-electron chi connectivity index (χ2n) is 3.62. The highest BCUT2D eigenvalue weighted by Gasteiger charge is 2.14. The van der Waals surface area contributed by atoms with E-state index in [0.717, 1.165) is 17.7 Å². The SMILES string of the molecule is CCc1oc(C(=O)Nc2cnccn2)cc1C. The molecule has 2 rings (SSSR count). The van der Waals surface area contributed by atoms with Crippen LogP contribution in [-0.4, -0.2) is 15.9 Å². The smallest absolute Gasteiger partial charge is 0.292 e. The Hall–Kier alpha value is -2.17. The molecule has 1 N–H and O–H groups in total. The van der Waals surface area contributed by atoms with Gasteiger partial charge in [-0.1, -0.05) is 6.92 Å². The van der Waals surface area contributed by atoms with Crippen LogP contribution in [0.3, 0.4) is 0 Å². The zero-order valence-corrected chi connectivity index (χ0v) is 9.73. The van der Waals surface area contributed by atoms with E-state index in [1.807, 2.05) is 13.8 Å². The zero-order valence-electron chi connectivity index (χ0n) is 9.73. The van der Waals surface area contributed by atoms with Crippen LogP contribution in [0.5, 0.6) is 0 Å². The van der Waals surface area contributed by atoms with Crippen molar-refractivity contribution in [3.05, 3.63) is 41.7 Å². The van der Waals surface area contributed by atoms with E-state index >= 15 is 0 Å². The van der Waals surface area contributed by atoms with Crippen molar-refractivity contribution in [3.63, 3.8) is 0 Å². The van der Waals surface area contributed by atoms with Crippen LogP contribution in [-0.2, 0) is 6.42 Å². The number of aryl methyl sites for hydroxylation is 2. The highest BCUT2D eigenvalue weighted by molar-refractivity contribution is 6.01. The fourth-order valence-electron chi connectivity index (χ4n) is 1.52. The molecule has 88 valence electrons. The lowest BCUT2D eigenvalue weighted by molar-refractivity contribution is 0.0994. The summed E-state index contributed by atoms with van der Waals surface area (Å²) in [6.07, 6.45) is 5.31. The number of carbonyl (C=O) groups is 1. The number of amides is 1. The molecule has 5 heteroatoms. The molecule has 0 spiro atoms. The lowest BCUT2D eigenvalue weighted by atomic mass is 10.2. The highest BCUT2D eigenvalue weighted by atomic mass is 16.4. The van der Waals surface area contributed by atoms with Crippen LogP contribution in [0.15, 0.2) is 29.1 Å². The lowest BCUT2D eigenvalue weighted by Gasteiger charge is -2.00. The summed E-state index contributed by atoms with van der Waals surface area (Å²) in [6.45, 7) is 3.90. The molecule has 0 bridgehead atoms. The van der Waals surface area contributed by atoms with E-state index in [-0.39, 0.29) is 5.91 Å². The molecule has 1 amide bonds. The molecule has 0 saturated carbocycles. The number of rotatable bonds is 3. The van der Waals surface area contributed by atoms with E-state index in [1.54, 1.807) is 12.3 Å². The number of furan rings is 1. The van der Waals surface area contributed by atoms with Crippen molar-refractivity contribution >= 4 is 11.7 Å². The third-order valence-corrected chi connectivity index (χ3v) is 2.37. The Kier molecular flexibility index (Phi) is 3.18. The highest BCUT2D eigenvalue weighted by Crippen LogP contribution is 2.16. The first-order chi connectivity index (χ1) is 8.20. The van der Waals surface area contributed by atoms with Gasteiger partial charge in [-0.15, -0.1) is 0 Å². The topological polar surface area (TPSA) is 68.0 Å². The van der Waals surface area contributed by atoms with Gasteiger partial charge in [0.25, 0.3) is 5.91 Å². The number of anilines is 1. The summed E-state index contributed by atoms with van der Waals surface area (Å²) in [4.78, 5) is 19.6. The number of nitrogens with zero attached hydrogens (tertiary/aromatic N) is 2. The molecule has 0 fully saturated rings. The molecule has 0 atom stereocenters. The quantitative estimate of drug-likeness (QED) is 0.879. The van der Waals surface area contributed by atoms with Crippen LogP contribution in [0.1, 0.15) is 28.8 Å². The molecule has 2 aromatic rings. The van der Waals surface area contributed by atoms with Crippen molar-refractivity contribution in [2.24, 2.45) is 0 Å². The van der Waals surface area contributed by atoms with Gasteiger partial charge < -0.3 is 9.73 Å². The van der Waals surface area contributed by atoms with Gasteiger partial charge in [-0.05, 0) is 18.6 Å². The van der Waals surface area contributed by atoms with Crippen LogP contribution in [0, 0.1) is 6.92 Å². The Balaban J connectivity index is 2.15. The Morgan fingerprint density at radius 2 is 2.29 bits per heavy atom. The van der Waals surface area contributed by atoms with Gasteiger partial charge in [0, 0.05) is 18.8 Å². The summed E-state index contributed by atoms with van der Waals surface area (Å²) in [5.41, 5.74) is 0.983. The van der Waals surface area contributed by atoms with Crippen LogP contribution < -0.4 is 5.32 Å². The predicted molar refractivity (Wildman–Crippen MR) is 62.8 cm³/mol. The third-order valence-electron chi connectivity index (χ3n) is 2.37. The molecule has 0 unspecified atom stereocenters. The molecule has 0 aliphatic rings.